The second-order valence-corrected chi connectivity index (χ2v) is 18.5. The van der Waals surface area contributed by atoms with Crippen LogP contribution in [0.4, 0.5) is 0 Å². The average molecular weight is 882 g/mol. The predicted molar refractivity (Wildman–Crippen MR) is 288 cm³/mol. The third-order valence-electron chi connectivity index (χ3n) is 14.3. The number of aryl methyl sites for hydroxylation is 2. The van der Waals surface area contributed by atoms with Gasteiger partial charge in [-0.1, -0.05) is 192 Å². The van der Waals surface area contributed by atoms with Gasteiger partial charge in [-0.2, -0.15) is 0 Å². The third kappa shape index (κ3) is 11.0. The monoisotopic (exact) mass is 882 g/mol. The first-order valence-electron chi connectivity index (χ1n) is 25.4. The number of para-hydroxylation sites is 1. The van der Waals surface area contributed by atoms with Crippen LogP contribution in [-0.2, 0) is 11.3 Å². The van der Waals surface area contributed by atoms with E-state index in [1.165, 1.54) is 104 Å². The molecular formula is C65H71NO. The molecule has 2 heteroatoms. The van der Waals surface area contributed by atoms with Crippen LogP contribution in [0, 0.1) is 37.5 Å². The number of pyridine rings is 1. The van der Waals surface area contributed by atoms with Gasteiger partial charge in [0.2, 0.25) is 0 Å². The summed E-state index contributed by atoms with van der Waals surface area (Å²) in [5, 5.41) is 3.86. The van der Waals surface area contributed by atoms with Crippen LogP contribution in [0.5, 0.6) is 0 Å². The maximum absolute atomic E-state index is 6.63. The molecule has 2 bridgehead atoms. The standard InChI is InChI=1S/C45H46O.C16H13N.2C2H6/c1-30(38-24-18-33(26-31(38)2)29-46-45(36-21-22-36)43-27-32-16-19-35(43)20-17-32)10-4-3-5-13-41-39-14-8-9-15-40(39)42-25-23-34-11-6-7-12-37(34)28-44(41)42;1-12-6-2-4-8-14(12)16-11-10-13-7-3-5-9-15(13)17-16;2*1-2/h3-4,6-12,14-16,18-19,23-26,28,32,35,41,43-44H,5,13,17,20-22,27,29H2,1-2H3;2-11H,1H3;2*1-2H3/b4-3-,30-10+;;;/t32?,35?,41-,43?,44?;;;/m0.../s1. The molecule has 0 aliphatic heterocycles. The summed E-state index contributed by atoms with van der Waals surface area (Å²) in [6, 6.07) is 45.5. The van der Waals surface area contributed by atoms with E-state index in [4.69, 9.17) is 9.72 Å². The van der Waals surface area contributed by atoms with E-state index in [-0.39, 0.29) is 0 Å². The Balaban J connectivity index is 0.000000241. The number of ether oxygens (including phenoxy) is 1. The van der Waals surface area contributed by atoms with E-state index < -0.39 is 0 Å². The van der Waals surface area contributed by atoms with E-state index >= 15 is 0 Å². The van der Waals surface area contributed by atoms with Crippen molar-refractivity contribution in [3.63, 3.8) is 0 Å². The Bertz CT molecular complexity index is 2950. The van der Waals surface area contributed by atoms with Crippen LogP contribution in [-0.4, -0.2) is 4.98 Å². The highest BCUT2D eigenvalue weighted by Crippen LogP contribution is 2.50. The highest BCUT2D eigenvalue weighted by Gasteiger charge is 2.38. The van der Waals surface area contributed by atoms with Crippen molar-refractivity contribution in [1.82, 2.24) is 4.98 Å². The van der Waals surface area contributed by atoms with Crippen molar-refractivity contribution >= 4 is 34.2 Å². The number of hydrogen-bond acceptors (Lipinski definition) is 2. The quantitative estimate of drug-likeness (QED) is 0.0777. The number of nitrogens with zero attached hydrogens (tertiary/aromatic N) is 1. The summed E-state index contributed by atoms with van der Waals surface area (Å²) in [6.07, 6.45) is 27.7. The van der Waals surface area contributed by atoms with Crippen LogP contribution in [0.25, 0.3) is 45.5 Å². The molecular weight excluding hydrogens is 811 g/mol. The minimum absolute atomic E-state index is 0.430. The Hall–Kier alpha value is -6.25. The first-order chi connectivity index (χ1) is 33.0. The normalized spacial score (nSPS) is 20.5. The summed E-state index contributed by atoms with van der Waals surface area (Å²) in [5.74, 6) is 4.34. The largest absolute Gasteiger partial charge is 0.493 e. The molecule has 12 rings (SSSR count). The van der Waals surface area contributed by atoms with Gasteiger partial charge in [-0.05, 0) is 156 Å². The maximum atomic E-state index is 6.63. The fraction of sp³-hybridized carbons (Fsp3) is 0.308. The van der Waals surface area contributed by atoms with Crippen LogP contribution in [0.2, 0.25) is 0 Å². The molecule has 342 valence electrons. The Morgan fingerprint density at radius 2 is 1.46 bits per heavy atom. The van der Waals surface area contributed by atoms with Gasteiger partial charge in [-0.15, -0.1) is 0 Å². The molecule has 0 saturated heterocycles. The Labute approximate surface area is 402 Å². The number of aromatic nitrogens is 1. The minimum Gasteiger partial charge on any atom is -0.493 e. The molecule has 4 unspecified atom stereocenters. The SMILES string of the molecule is C/C(=C\C=C/CC[C@H]1c2ccccc2C2=CC=c3ccccc3=CC21)c1ccc(COC(=C2CC2)C2CC3C=CC2CC3)cc1C.CC.CC.Cc1ccccc1-c1ccc2ccccc2n1. The molecule has 6 aliphatic carbocycles. The molecule has 1 aromatic heterocycles. The molecule has 67 heavy (non-hydrogen) atoms. The highest BCUT2D eigenvalue weighted by molar-refractivity contribution is 5.85. The molecule has 0 spiro atoms. The maximum Gasteiger partial charge on any atom is 0.113 e. The zero-order valence-corrected chi connectivity index (χ0v) is 41.1. The number of fused-ring (bicyclic) bond motifs is 7. The summed E-state index contributed by atoms with van der Waals surface area (Å²) in [5.41, 5.74) is 15.8. The lowest BCUT2D eigenvalue weighted by Gasteiger charge is -2.39. The lowest BCUT2D eigenvalue weighted by molar-refractivity contribution is 0.116. The fourth-order valence-corrected chi connectivity index (χ4v) is 10.8. The van der Waals surface area contributed by atoms with Gasteiger partial charge in [0.25, 0.3) is 0 Å². The molecule has 0 radical (unpaired) electrons. The Morgan fingerprint density at radius 1 is 0.716 bits per heavy atom. The summed E-state index contributed by atoms with van der Waals surface area (Å²) < 4.78 is 6.63. The topological polar surface area (TPSA) is 22.1 Å². The second-order valence-electron chi connectivity index (χ2n) is 18.5. The van der Waals surface area contributed by atoms with Crippen molar-refractivity contribution in [2.45, 2.75) is 106 Å². The van der Waals surface area contributed by atoms with Crippen molar-refractivity contribution in [3.8, 4) is 11.3 Å². The molecule has 5 aromatic carbocycles. The highest BCUT2D eigenvalue weighted by atomic mass is 16.5. The summed E-state index contributed by atoms with van der Waals surface area (Å²) >= 11 is 0. The van der Waals surface area contributed by atoms with Crippen LogP contribution >= 0.6 is 0 Å². The van der Waals surface area contributed by atoms with Crippen LogP contribution < -0.4 is 10.4 Å². The average Bonchev–Trinajstić information content (AvgIpc) is 4.21. The number of allylic oxidation sites excluding steroid dienone is 10. The van der Waals surface area contributed by atoms with E-state index in [0.717, 1.165) is 30.0 Å². The van der Waals surface area contributed by atoms with Crippen molar-refractivity contribution < 1.29 is 4.74 Å². The van der Waals surface area contributed by atoms with Gasteiger partial charge < -0.3 is 4.74 Å². The molecule has 1 heterocycles. The van der Waals surface area contributed by atoms with Crippen molar-refractivity contribution in [2.75, 3.05) is 0 Å². The summed E-state index contributed by atoms with van der Waals surface area (Å²) in [4.78, 5) is 4.71. The zero-order valence-electron chi connectivity index (χ0n) is 41.1. The van der Waals surface area contributed by atoms with Gasteiger partial charge in [0.15, 0.2) is 0 Å². The zero-order chi connectivity index (χ0) is 46.7. The molecule has 0 N–H and O–H groups in total. The van der Waals surface area contributed by atoms with Crippen LogP contribution in [0.3, 0.4) is 0 Å². The van der Waals surface area contributed by atoms with E-state index in [1.54, 1.807) is 5.57 Å². The fourth-order valence-electron chi connectivity index (χ4n) is 10.8. The van der Waals surface area contributed by atoms with Gasteiger partial charge in [0.05, 0.1) is 17.0 Å². The molecule has 2 saturated carbocycles. The van der Waals surface area contributed by atoms with E-state index in [1.807, 2.05) is 39.8 Å². The Morgan fingerprint density at radius 3 is 2.21 bits per heavy atom. The molecule has 2 nitrogen and oxygen atoms in total. The summed E-state index contributed by atoms with van der Waals surface area (Å²) in [6.45, 7) is 15.3. The predicted octanol–water partition coefficient (Wildman–Crippen LogP) is 16.2. The van der Waals surface area contributed by atoms with E-state index in [0.29, 0.717) is 30.3 Å². The molecule has 2 fully saturated rings. The first-order valence-corrected chi connectivity index (χ1v) is 25.4. The van der Waals surface area contributed by atoms with E-state index in [2.05, 4.69) is 185 Å². The van der Waals surface area contributed by atoms with Crippen LogP contribution in [0.15, 0.2) is 175 Å². The van der Waals surface area contributed by atoms with Gasteiger partial charge in [-0.25, -0.2) is 4.98 Å². The Kier molecular flexibility index (Phi) is 15.9. The molecule has 5 atom stereocenters. The number of rotatable bonds is 10. The van der Waals surface area contributed by atoms with Gasteiger partial charge in [0.1, 0.15) is 6.61 Å². The van der Waals surface area contributed by atoms with Crippen molar-refractivity contribution in [3.05, 3.63) is 219 Å². The van der Waals surface area contributed by atoms with E-state index in [9.17, 15) is 0 Å². The molecule has 6 aromatic rings. The first kappa shape index (κ1) is 47.3. The van der Waals surface area contributed by atoms with Crippen molar-refractivity contribution in [2.24, 2.45) is 23.7 Å². The number of hydrogen-bond donors (Lipinski definition) is 0. The van der Waals surface area contributed by atoms with Gasteiger partial charge in [-0.3, -0.25) is 0 Å². The second kappa shape index (κ2) is 22.5. The lowest BCUT2D eigenvalue weighted by Crippen LogP contribution is -2.29. The summed E-state index contributed by atoms with van der Waals surface area (Å²) in [7, 11) is 0. The van der Waals surface area contributed by atoms with Crippen molar-refractivity contribution in [1.29, 1.82) is 0 Å². The lowest BCUT2D eigenvalue weighted by atomic mass is 9.68. The molecule has 0 amide bonds. The molecule has 6 aliphatic rings. The number of benzene rings is 5. The van der Waals surface area contributed by atoms with Gasteiger partial charge >= 0.3 is 0 Å². The van der Waals surface area contributed by atoms with Gasteiger partial charge in [0, 0.05) is 22.8 Å². The van der Waals surface area contributed by atoms with Crippen LogP contribution in [0.1, 0.15) is 119 Å². The third-order valence-corrected chi connectivity index (χ3v) is 14.3. The minimum atomic E-state index is 0.430. The smallest absolute Gasteiger partial charge is 0.113 e.